The van der Waals surface area contributed by atoms with E-state index in [1.54, 1.807) is 9.80 Å². The Morgan fingerprint density at radius 1 is 0.795 bits per heavy atom. The van der Waals surface area contributed by atoms with Gasteiger partial charge in [-0.25, -0.2) is 9.59 Å². The van der Waals surface area contributed by atoms with Crippen molar-refractivity contribution in [1.82, 2.24) is 4.90 Å². The van der Waals surface area contributed by atoms with Crippen molar-refractivity contribution < 1.29 is 19.1 Å². The number of ether oxygens (including phenoxy) is 2. The van der Waals surface area contributed by atoms with E-state index in [-0.39, 0.29) is 18.6 Å². The van der Waals surface area contributed by atoms with Crippen LogP contribution in [0, 0.1) is 5.92 Å². The number of carbonyl (C=O) groups excluding carboxylic acids is 2. The summed E-state index contributed by atoms with van der Waals surface area (Å²) < 4.78 is 7.29. The number of alkyl halides is 6. The minimum atomic E-state index is -1.75. The molecule has 0 saturated carbocycles. The molecule has 1 atom stereocenters. The molecule has 3 heterocycles. The van der Waals surface area contributed by atoms with Crippen LogP contribution in [0.25, 0.3) is 0 Å². The van der Waals surface area contributed by atoms with Gasteiger partial charge in [0.2, 0.25) is 7.59 Å². The average Bonchev–Trinajstić information content (AvgIpc) is 3.27. The van der Waals surface area contributed by atoms with Gasteiger partial charge in [-0.05, 0) is 48.4 Å². The van der Waals surface area contributed by atoms with E-state index in [9.17, 15) is 9.59 Å². The van der Waals surface area contributed by atoms with Crippen LogP contribution < -0.4 is 9.80 Å². The molecule has 1 fully saturated rings. The lowest BCUT2D eigenvalue weighted by Crippen LogP contribution is -2.45. The molecule has 5 rings (SSSR count). The first-order chi connectivity index (χ1) is 18.4. The van der Waals surface area contributed by atoms with E-state index in [1.165, 1.54) is 5.56 Å². The van der Waals surface area contributed by atoms with Crippen molar-refractivity contribution >= 4 is 98.9 Å². The van der Waals surface area contributed by atoms with Crippen molar-refractivity contribution in [2.24, 2.45) is 5.92 Å². The molecule has 3 aliphatic heterocycles. The molecule has 0 bridgehead atoms. The first kappa shape index (κ1) is 29.0. The summed E-state index contributed by atoms with van der Waals surface area (Å²) in [5.74, 6) is -0.0114. The molecule has 0 aromatic heterocycles. The Bertz CT molecular complexity index is 1240. The molecular formula is C26H25Cl6N3O4. The molecule has 13 heteroatoms. The second-order valence-corrected chi connectivity index (χ2v) is 14.8. The number of piperidine rings is 1. The second-order valence-electron chi connectivity index (χ2n) is 9.72. The first-order valence-electron chi connectivity index (χ1n) is 12.4. The number of benzene rings is 2. The standard InChI is InChI=1S/C26H25Cl6N3O4/c27-25(28,29)14-38-23(36)33-11-8-17(9-12-33)22-18-5-3-4-16-10-13-34(21(16)18)19-6-1-2-7-20(19)35(22)24(37)39-15-26(30,31)32/h1-7,17,22H,8-15H2. The zero-order valence-electron chi connectivity index (χ0n) is 20.6. The van der Waals surface area contributed by atoms with Crippen molar-refractivity contribution in [3.63, 3.8) is 0 Å². The molecule has 1 saturated heterocycles. The van der Waals surface area contributed by atoms with E-state index in [4.69, 9.17) is 79.1 Å². The monoisotopic (exact) mass is 653 g/mol. The highest BCUT2D eigenvalue weighted by Gasteiger charge is 2.44. The lowest BCUT2D eigenvalue weighted by atomic mass is 9.83. The number of anilines is 3. The fraction of sp³-hybridized carbons (Fsp3) is 0.462. The van der Waals surface area contributed by atoms with Gasteiger partial charge in [-0.2, -0.15) is 0 Å². The number of hydrogen-bond donors (Lipinski definition) is 0. The molecule has 7 nitrogen and oxygen atoms in total. The SMILES string of the molecule is O=C(OCC(Cl)(Cl)Cl)N1CCC(C2c3cccc4c3N(CC4)c3ccccc3N2C(=O)OCC(Cl)(Cl)Cl)CC1. The zero-order chi connectivity index (χ0) is 27.9. The Kier molecular flexibility index (Phi) is 8.50. The number of nitrogens with zero attached hydrogens (tertiary/aromatic N) is 3. The van der Waals surface area contributed by atoms with Crippen LogP contribution in [0.15, 0.2) is 42.5 Å². The van der Waals surface area contributed by atoms with Crippen molar-refractivity contribution in [3.8, 4) is 0 Å². The topological polar surface area (TPSA) is 62.3 Å². The number of likely N-dealkylation sites (tertiary alicyclic amines) is 1. The summed E-state index contributed by atoms with van der Waals surface area (Å²) in [6, 6.07) is 13.6. The molecule has 2 amide bonds. The number of fused-ring (bicyclic) bond motifs is 2. The van der Waals surface area contributed by atoms with Gasteiger partial charge in [0.1, 0.15) is 13.2 Å². The largest absolute Gasteiger partial charge is 0.445 e. The molecule has 1 unspecified atom stereocenters. The maximum Gasteiger partial charge on any atom is 0.415 e. The van der Waals surface area contributed by atoms with Crippen molar-refractivity contribution in [3.05, 3.63) is 53.6 Å². The summed E-state index contributed by atoms with van der Waals surface area (Å²) >= 11 is 35.0. The van der Waals surface area contributed by atoms with Crippen LogP contribution >= 0.6 is 69.6 Å². The van der Waals surface area contributed by atoms with E-state index in [2.05, 4.69) is 17.0 Å². The van der Waals surface area contributed by atoms with Crippen molar-refractivity contribution in [2.75, 3.05) is 42.6 Å². The van der Waals surface area contributed by atoms with Crippen LogP contribution in [-0.2, 0) is 15.9 Å². The summed E-state index contributed by atoms with van der Waals surface area (Å²) in [5.41, 5.74) is 4.96. The second kappa shape index (κ2) is 11.4. The highest BCUT2D eigenvalue weighted by molar-refractivity contribution is 6.68. The van der Waals surface area contributed by atoms with Gasteiger partial charge in [0.25, 0.3) is 0 Å². The van der Waals surface area contributed by atoms with Gasteiger partial charge in [-0.15, -0.1) is 0 Å². The van der Waals surface area contributed by atoms with Crippen molar-refractivity contribution in [2.45, 2.75) is 32.9 Å². The summed E-state index contributed by atoms with van der Waals surface area (Å²) in [5, 5.41) is 0. The third-order valence-corrected chi connectivity index (χ3v) is 7.87. The molecule has 3 aliphatic rings. The molecule has 0 aliphatic carbocycles. The molecule has 0 radical (unpaired) electrons. The smallest absolute Gasteiger partial charge is 0.415 e. The summed E-state index contributed by atoms with van der Waals surface area (Å²) in [4.78, 5) is 31.9. The molecule has 210 valence electrons. The number of amides is 2. The van der Waals surface area contributed by atoms with Gasteiger partial charge in [-0.3, -0.25) is 4.90 Å². The van der Waals surface area contributed by atoms with E-state index in [0.29, 0.717) is 31.6 Å². The van der Waals surface area contributed by atoms with Gasteiger partial charge in [-0.1, -0.05) is 99.9 Å². The molecule has 39 heavy (non-hydrogen) atoms. The van der Waals surface area contributed by atoms with E-state index in [0.717, 1.165) is 29.9 Å². The highest BCUT2D eigenvalue weighted by atomic mass is 35.6. The maximum atomic E-state index is 13.8. The van der Waals surface area contributed by atoms with Crippen LogP contribution in [0.5, 0.6) is 0 Å². The fourth-order valence-corrected chi connectivity index (χ4v) is 6.00. The first-order valence-corrected chi connectivity index (χ1v) is 14.7. The van der Waals surface area contributed by atoms with Crippen LogP contribution in [0.4, 0.5) is 26.7 Å². The number of para-hydroxylation sites is 3. The van der Waals surface area contributed by atoms with Gasteiger partial charge < -0.3 is 19.3 Å². The summed E-state index contributed by atoms with van der Waals surface area (Å²) in [6.07, 6.45) is 0.954. The fourth-order valence-electron chi connectivity index (χ4n) is 5.67. The van der Waals surface area contributed by atoms with E-state index < -0.39 is 26.4 Å². The van der Waals surface area contributed by atoms with Gasteiger partial charge in [0.15, 0.2) is 0 Å². The molecular weight excluding hydrogens is 631 g/mol. The number of hydrogen-bond acceptors (Lipinski definition) is 5. The third kappa shape index (κ3) is 6.39. The maximum absolute atomic E-state index is 13.8. The van der Waals surface area contributed by atoms with E-state index >= 15 is 0 Å². The van der Waals surface area contributed by atoms with Crippen LogP contribution in [0.3, 0.4) is 0 Å². The molecule has 2 aromatic rings. The third-order valence-electron chi connectivity index (χ3n) is 7.21. The Labute approximate surface area is 256 Å². The minimum absolute atomic E-state index is 0.0114. The number of halogens is 6. The molecule has 2 aromatic carbocycles. The summed E-state index contributed by atoms with van der Waals surface area (Å²) in [7, 11) is 0. The van der Waals surface area contributed by atoms with E-state index in [1.807, 2.05) is 30.3 Å². The average molecular weight is 656 g/mol. The Balaban J connectivity index is 1.49. The Morgan fingerprint density at radius 3 is 2.05 bits per heavy atom. The van der Waals surface area contributed by atoms with Gasteiger partial charge in [0.05, 0.1) is 17.4 Å². The normalized spacial score (nSPS) is 19.3. The number of carbonyl (C=O) groups is 2. The van der Waals surface area contributed by atoms with Gasteiger partial charge >= 0.3 is 12.2 Å². The molecule has 0 N–H and O–H groups in total. The van der Waals surface area contributed by atoms with Gasteiger partial charge in [0, 0.05) is 25.3 Å². The van der Waals surface area contributed by atoms with Crippen LogP contribution in [0.2, 0.25) is 0 Å². The lowest BCUT2D eigenvalue weighted by Gasteiger charge is -2.40. The Morgan fingerprint density at radius 2 is 1.41 bits per heavy atom. The highest BCUT2D eigenvalue weighted by Crippen LogP contribution is 2.52. The zero-order valence-corrected chi connectivity index (χ0v) is 25.1. The van der Waals surface area contributed by atoms with Crippen LogP contribution in [0.1, 0.15) is 30.0 Å². The predicted molar refractivity (Wildman–Crippen MR) is 156 cm³/mol. The lowest BCUT2D eigenvalue weighted by molar-refractivity contribution is 0.0850. The van der Waals surface area contributed by atoms with Crippen LogP contribution in [-0.4, -0.2) is 57.5 Å². The molecule has 0 spiro atoms. The quantitative estimate of drug-likeness (QED) is 0.314. The predicted octanol–water partition coefficient (Wildman–Crippen LogP) is 7.97. The Hall–Kier alpha value is -1.48. The number of rotatable bonds is 3. The van der Waals surface area contributed by atoms with Crippen molar-refractivity contribution in [1.29, 1.82) is 0 Å². The summed E-state index contributed by atoms with van der Waals surface area (Å²) in [6.45, 7) is 0.881. The minimum Gasteiger partial charge on any atom is -0.445 e.